The fourth-order valence-corrected chi connectivity index (χ4v) is 2.13. The lowest BCUT2D eigenvalue weighted by molar-refractivity contribution is -0.138. The first kappa shape index (κ1) is 10.9. The number of nitrogens with zero attached hydrogens (tertiary/aromatic N) is 2. The van der Waals surface area contributed by atoms with Crippen molar-refractivity contribution in [1.29, 1.82) is 0 Å². The number of aliphatic carboxylic acids is 1. The average molecular weight is 212 g/mol. The number of hydrogen-bond acceptors (Lipinski definition) is 3. The smallest absolute Gasteiger partial charge is 0.317 e. The summed E-state index contributed by atoms with van der Waals surface area (Å²) in [6.07, 6.45) is 4.21. The zero-order valence-electron chi connectivity index (χ0n) is 9.19. The molecule has 1 aliphatic carbocycles. The Morgan fingerprint density at radius 1 is 1.13 bits per heavy atom. The van der Waals surface area contributed by atoms with E-state index in [2.05, 4.69) is 4.90 Å². The lowest BCUT2D eigenvalue weighted by Gasteiger charge is -2.33. The molecule has 15 heavy (non-hydrogen) atoms. The second-order valence-corrected chi connectivity index (χ2v) is 4.74. The van der Waals surface area contributed by atoms with Crippen molar-refractivity contribution in [1.82, 2.24) is 9.80 Å². The molecule has 1 N–H and O–H groups in total. The van der Waals surface area contributed by atoms with E-state index in [0.29, 0.717) is 0 Å². The highest BCUT2D eigenvalue weighted by Crippen LogP contribution is 2.32. The molecule has 0 amide bonds. The Hall–Kier alpha value is -0.610. The molecular weight excluding hydrogens is 192 g/mol. The Bertz CT molecular complexity index is 221. The molecule has 2 aliphatic rings. The summed E-state index contributed by atoms with van der Waals surface area (Å²) in [6, 6.07) is 0. The molecule has 0 atom stereocenters. The largest absolute Gasteiger partial charge is 0.480 e. The predicted octanol–water partition coefficient (Wildman–Crippen LogP) is 0.489. The number of piperazine rings is 1. The Balaban J connectivity index is 1.60. The molecule has 1 heterocycles. The van der Waals surface area contributed by atoms with Gasteiger partial charge in [-0.3, -0.25) is 9.69 Å². The Morgan fingerprint density at radius 2 is 1.73 bits per heavy atom. The summed E-state index contributed by atoms with van der Waals surface area (Å²) in [7, 11) is 0. The molecule has 2 fully saturated rings. The van der Waals surface area contributed by atoms with E-state index in [1.54, 1.807) is 0 Å². The highest BCUT2D eigenvalue weighted by atomic mass is 16.4. The van der Waals surface area contributed by atoms with Crippen molar-refractivity contribution in [3.8, 4) is 0 Å². The first-order chi connectivity index (χ1) is 7.24. The van der Waals surface area contributed by atoms with Crippen molar-refractivity contribution in [2.75, 3.05) is 39.3 Å². The maximum atomic E-state index is 10.5. The third-order valence-corrected chi connectivity index (χ3v) is 3.37. The Kier molecular flexibility index (Phi) is 3.59. The van der Waals surface area contributed by atoms with Crippen molar-refractivity contribution in [3.63, 3.8) is 0 Å². The summed E-state index contributed by atoms with van der Waals surface area (Å²) >= 11 is 0. The van der Waals surface area contributed by atoms with Crippen molar-refractivity contribution >= 4 is 5.97 Å². The van der Waals surface area contributed by atoms with Gasteiger partial charge < -0.3 is 10.0 Å². The molecule has 0 aromatic heterocycles. The van der Waals surface area contributed by atoms with Crippen LogP contribution in [0.4, 0.5) is 0 Å². The lowest BCUT2D eigenvalue weighted by Crippen LogP contribution is -2.48. The molecule has 0 unspecified atom stereocenters. The summed E-state index contributed by atoms with van der Waals surface area (Å²) in [5, 5.41) is 8.66. The molecule has 1 saturated heterocycles. The Morgan fingerprint density at radius 3 is 2.27 bits per heavy atom. The van der Waals surface area contributed by atoms with Crippen LogP contribution >= 0.6 is 0 Å². The lowest BCUT2D eigenvalue weighted by atomic mass is 10.2. The number of carboxylic acid groups (broad SMARTS) is 1. The Labute approximate surface area is 90.9 Å². The molecule has 0 aromatic carbocycles. The number of carbonyl (C=O) groups is 1. The van der Waals surface area contributed by atoms with Crippen LogP contribution < -0.4 is 0 Å². The fourth-order valence-electron chi connectivity index (χ4n) is 2.13. The van der Waals surface area contributed by atoms with Crippen LogP contribution in [0.3, 0.4) is 0 Å². The highest BCUT2D eigenvalue weighted by molar-refractivity contribution is 5.69. The zero-order chi connectivity index (χ0) is 10.7. The van der Waals surface area contributed by atoms with E-state index in [9.17, 15) is 4.79 Å². The normalized spacial score (nSPS) is 24.3. The van der Waals surface area contributed by atoms with Crippen molar-refractivity contribution < 1.29 is 9.90 Å². The van der Waals surface area contributed by atoms with Crippen LogP contribution in [0.1, 0.15) is 19.3 Å². The molecule has 0 aromatic rings. The van der Waals surface area contributed by atoms with Gasteiger partial charge in [-0.25, -0.2) is 0 Å². The van der Waals surface area contributed by atoms with Gasteiger partial charge in [-0.05, 0) is 18.9 Å². The number of carboxylic acids is 1. The first-order valence-corrected chi connectivity index (χ1v) is 5.90. The van der Waals surface area contributed by atoms with Crippen LogP contribution in [0.5, 0.6) is 0 Å². The van der Waals surface area contributed by atoms with E-state index < -0.39 is 5.97 Å². The van der Waals surface area contributed by atoms with Gasteiger partial charge in [-0.2, -0.15) is 0 Å². The van der Waals surface area contributed by atoms with Gasteiger partial charge in [0, 0.05) is 26.2 Å². The van der Waals surface area contributed by atoms with E-state index in [1.807, 2.05) is 4.90 Å². The van der Waals surface area contributed by atoms with Gasteiger partial charge >= 0.3 is 5.97 Å². The first-order valence-electron chi connectivity index (χ1n) is 5.90. The standard InChI is InChI=1S/C11H20N2O2/c14-11(15)9-13-7-5-12(6-8-13)4-3-10-1-2-10/h10H,1-9H2,(H,14,15). The number of hydrogen-bond donors (Lipinski definition) is 1. The molecule has 1 aliphatic heterocycles. The van der Waals surface area contributed by atoms with Crippen molar-refractivity contribution in [2.45, 2.75) is 19.3 Å². The molecule has 4 heteroatoms. The fraction of sp³-hybridized carbons (Fsp3) is 0.909. The monoisotopic (exact) mass is 212 g/mol. The summed E-state index contributed by atoms with van der Waals surface area (Å²) in [5.41, 5.74) is 0. The molecular formula is C11H20N2O2. The molecule has 0 spiro atoms. The van der Waals surface area contributed by atoms with Crippen LogP contribution in [0.25, 0.3) is 0 Å². The predicted molar refractivity (Wildman–Crippen MR) is 57.9 cm³/mol. The topological polar surface area (TPSA) is 43.8 Å². The van der Waals surface area contributed by atoms with E-state index in [0.717, 1.165) is 32.1 Å². The molecule has 2 rings (SSSR count). The molecule has 86 valence electrons. The maximum absolute atomic E-state index is 10.5. The van der Waals surface area contributed by atoms with E-state index in [4.69, 9.17) is 5.11 Å². The third kappa shape index (κ3) is 3.80. The van der Waals surface area contributed by atoms with Crippen LogP contribution in [0.15, 0.2) is 0 Å². The van der Waals surface area contributed by atoms with Crippen LogP contribution in [0, 0.1) is 5.92 Å². The highest BCUT2D eigenvalue weighted by Gasteiger charge is 2.23. The average Bonchev–Trinajstić information content (AvgIpc) is 2.99. The van der Waals surface area contributed by atoms with Gasteiger partial charge in [0.1, 0.15) is 0 Å². The SMILES string of the molecule is O=C(O)CN1CCN(CCC2CC2)CC1. The van der Waals surface area contributed by atoms with E-state index in [-0.39, 0.29) is 6.54 Å². The minimum atomic E-state index is -0.707. The van der Waals surface area contributed by atoms with Gasteiger partial charge in [0.25, 0.3) is 0 Å². The van der Waals surface area contributed by atoms with Crippen LogP contribution in [-0.4, -0.2) is 60.1 Å². The summed E-state index contributed by atoms with van der Waals surface area (Å²) in [6.45, 7) is 5.33. The van der Waals surface area contributed by atoms with E-state index >= 15 is 0 Å². The van der Waals surface area contributed by atoms with Gasteiger partial charge in [0.05, 0.1) is 6.54 Å². The minimum Gasteiger partial charge on any atom is -0.480 e. The third-order valence-electron chi connectivity index (χ3n) is 3.37. The van der Waals surface area contributed by atoms with Gasteiger partial charge in [0.2, 0.25) is 0 Å². The van der Waals surface area contributed by atoms with Gasteiger partial charge in [-0.1, -0.05) is 12.8 Å². The van der Waals surface area contributed by atoms with E-state index in [1.165, 1.54) is 25.8 Å². The zero-order valence-corrected chi connectivity index (χ0v) is 9.19. The van der Waals surface area contributed by atoms with Gasteiger partial charge in [0.15, 0.2) is 0 Å². The second-order valence-electron chi connectivity index (χ2n) is 4.74. The summed E-state index contributed by atoms with van der Waals surface area (Å²) < 4.78 is 0. The minimum absolute atomic E-state index is 0.205. The number of rotatable bonds is 5. The van der Waals surface area contributed by atoms with Gasteiger partial charge in [-0.15, -0.1) is 0 Å². The molecule has 0 radical (unpaired) electrons. The molecule has 1 saturated carbocycles. The van der Waals surface area contributed by atoms with Crippen molar-refractivity contribution in [2.24, 2.45) is 5.92 Å². The summed E-state index contributed by atoms with van der Waals surface area (Å²) in [5.74, 6) is 0.295. The summed E-state index contributed by atoms with van der Waals surface area (Å²) in [4.78, 5) is 15.0. The van der Waals surface area contributed by atoms with Crippen LogP contribution in [0.2, 0.25) is 0 Å². The maximum Gasteiger partial charge on any atom is 0.317 e. The van der Waals surface area contributed by atoms with Crippen molar-refractivity contribution in [3.05, 3.63) is 0 Å². The molecule has 4 nitrogen and oxygen atoms in total. The van der Waals surface area contributed by atoms with Crippen LogP contribution in [-0.2, 0) is 4.79 Å². The molecule has 0 bridgehead atoms. The quantitative estimate of drug-likeness (QED) is 0.720. The second kappa shape index (κ2) is 4.94.